The van der Waals surface area contributed by atoms with E-state index in [4.69, 9.17) is 4.74 Å². The maximum Gasteiger partial charge on any atom is 0.255 e. The van der Waals surface area contributed by atoms with Crippen LogP contribution in [0.25, 0.3) is 0 Å². The van der Waals surface area contributed by atoms with E-state index >= 15 is 0 Å². The van der Waals surface area contributed by atoms with Crippen LogP contribution < -0.4 is 15.4 Å². The summed E-state index contributed by atoms with van der Waals surface area (Å²) in [4.78, 5) is 26.6. The number of hydrogen-bond donors (Lipinski definition) is 2. The van der Waals surface area contributed by atoms with Gasteiger partial charge in [0, 0.05) is 36.3 Å². The first-order valence-electron chi connectivity index (χ1n) is 10.2. The lowest BCUT2D eigenvalue weighted by molar-refractivity contribution is -0.116. The molecule has 0 atom stereocenters. The molecule has 7 heteroatoms. The molecule has 0 aromatic heterocycles. The summed E-state index contributed by atoms with van der Waals surface area (Å²) in [6.07, 6.45) is 0.265. The second-order valence-electron chi connectivity index (χ2n) is 7.36. The van der Waals surface area contributed by atoms with Crippen LogP contribution in [0.4, 0.5) is 15.8 Å². The summed E-state index contributed by atoms with van der Waals surface area (Å²) in [5.41, 5.74) is 2.23. The molecule has 0 aliphatic carbocycles. The highest BCUT2D eigenvalue weighted by Gasteiger charge is 2.11. The predicted molar refractivity (Wildman–Crippen MR) is 123 cm³/mol. The van der Waals surface area contributed by atoms with Gasteiger partial charge in [0.2, 0.25) is 5.91 Å². The minimum absolute atomic E-state index is 0.156. The number of amides is 2. The van der Waals surface area contributed by atoms with Gasteiger partial charge in [-0.05, 0) is 49.5 Å². The summed E-state index contributed by atoms with van der Waals surface area (Å²) in [5.74, 6) is -0.109. The molecular formula is C25H26FN3O3. The summed E-state index contributed by atoms with van der Waals surface area (Å²) in [6, 6.07) is 20.4. The smallest absolute Gasteiger partial charge is 0.255 e. The fourth-order valence-electron chi connectivity index (χ4n) is 3.16. The lowest BCUT2D eigenvalue weighted by Crippen LogP contribution is -2.24. The Morgan fingerprint density at radius 2 is 1.62 bits per heavy atom. The number of nitrogens with one attached hydrogen (secondary N) is 2. The van der Waals surface area contributed by atoms with Crippen molar-refractivity contribution in [3.63, 3.8) is 0 Å². The summed E-state index contributed by atoms with van der Waals surface area (Å²) < 4.78 is 19.0. The van der Waals surface area contributed by atoms with Gasteiger partial charge in [0.05, 0.1) is 12.8 Å². The monoisotopic (exact) mass is 435 g/mol. The van der Waals surface area contributed by atoms with Crippen LogP contribution in [0.1, 0.15) is 22.3 Å². The number of hydrogen-bond acceptors (Lipinski definition) is 4. The fraction of sp³-hybridized carbons (Fsp3) is 0.200. The van der Waals surface area contributed by atoms with E-state index in [2.05, 4.69) is 10.6 Å². The largest absolute Gasteiger partial charge is 0.495 e. The molecule has 3 rings (SSSR count). The lowest BCUT2D eigenvalue weighted by atomic mass is 10.1. The third kappa shape index (κ3) is 6.39. The number of halogens is 1. The molecule has 0 heterocycles. The van der Waals surface area contributed by atoms with Gasteiger partial charge in [0.1, 0.15) is 11.6 Å². The van der Waals surface area contributed by atoms with Crippen molar-refractivity contribution in [2.75, 3.05) is 31.3 Å². The van der Waals surface area contributed by atoms with Crippen molar-refractivity contribution in [3.05, 3.63) is 89.7 Å². The summed E-state index contributed by atoms with van der Waals surface area (Å²) in [7, 11) is 3.38. The number of para-hydroxylation sites is 2. The van der Waals surface area contributed by atoms with Crippen LogP contribution in [0.15, 0.2) is 72.8 Å². The van der Waals surface area contributed by atoms with Gasteiger partial charge in [-0.25, -0.2) is 4.39 Å². The number of benzene rings is 3. The zero-order valence-corrected chi connectivity index (χ0v) is 18.1. The molecule has 0 saturated heterocycles. The van der Waals surface area contributed by atoms with Gasteiger partial charge in [-0.2, -0.15) is 0 Å². The Kier molecular flexibility index (Phi) is 7.94. The number of carbonyl (C=O) groups excluding carboxylic acids is 2. The number of carbonyl (C=O) groups is 2. The second-order valence-corrected chi connectivity index (χ2v) is 7.36. The Morgan fingerprint density at radius 1 is 0.938 bits per heavy atom. The number of anilines is 2. The Labute approximate surface area is 187 Å². The average molecular weight is 435 g/mol. The molecule has 0 spiro atoms. The van der Waals surface area contributed by atoms with Crippen molar-refractivity contribution in [2.24, 2.45) is 0 Å². The van der Waals surface area contributed by atoms with Crippen molar-refractivity contribution in [1.82, 2.24) is 4.90 Å². The SMILES string of the molecule is COc1ccccc1NC(=O)c1ccc(NC(=O)CCN(C)Cc2ccccc2F)cc1. The van der Waals surface area contributed by atoms with Crippen LogP contribution in [0.2, 0.25) is 0 Å². The van der Waals surface area contributed by atoms with Gasteiger partial charge >= 0.3 is 0 Å². The normalized spacial score (nSPS) is 10.6. The molecule has 166 valence electrons. The van der Waals surface area contributed by atoms with E-state index in [1.165, 1.54) is 6.07 Å². The van der Waals surface area contributed by atoms with Crippen molar-refractivity contribution in [2.45, 2.75) is 13.0 Å². The van der Waals surface area contributed by atoms with Gasteiger partial charge in [-0.15, -0.1) is 0 Å². The number of ether oxygens (including phenoxy) is 1. The molecule has 0 radical (unpaired) electrons. The van der Waals surface area contributed by atoms with E-state index in [-0.39, 0.29) is 24.1 Å². The molecule has 0 aliphatic heterocycles. The molecule has 0 fully saturated rings. The molecule has 2 N–H and O–H groups in total. The molecule has 0 aliphatic rings. The Bertz CT molecular complexity index is 1070. The first-order valence-corrected chi connectivity index (χ1v) is 10.2. The summed E-state index contributed by atoms with van der Waals surface area (Å²) in [6.45, 7) is 0.912. The molecule has 0 bridgehead atoms. The standard InChI is InChI=1S/C25H26FN3O3/c1-29(17-19-7-3-4-8-21(19)26)16-15-24(30)27-20-13-11-18(12-14-20)25(31)28-22-9-5-6-10-23(22)32-2/h3-14H,15-17H2,1-2H3,(H,27,30)(H,28,31). The van der Waals surface area contributed by atoms with Gasteiger partial charge in [0.15, 0.2) is 0 Å². The van der Waals surface area contributed by atoms with E-state index in [9.17, 15) is 14.0 Å². The van der Waals surface area contributed by atoms with Crippen molar-refractivity contribution in [1.29, 1.82) is 0 Å². The molecule has 6 nitrogen and oxygen atoms in total. The molecular weight excluding hydrogens is 409 g/mol. The molecule has 3 aromatic rings. The highest BCUT2D eigenvalue weighted by Crippen LogP contribution is 2.24. The van der Waals surface area contributed by atoms with Gasteiger partial charge in [0.25, 0.3) is 5.91 Å². The third-order valence-corrected chi connectivity index (χ3v) is 4.90. The maximum absolute atomic E-state index is 13.7. The second kappa shape index (κ2) is 11.1. The Balaban J connectivity index is 1.49. The van der Waals surface area contributed by atoms with Gasteiger partial charge in [-0.1, -0.05) is 30.3 Å². The average Bonchev–Trinajstić information content (AvgIpc) is 2.80. The number of nitrogens with zero attached hydrogens (tertiary/aromatic N) is 1. The topological polar surface area (TPSA) is 70.7 Å². The Hall–Kier alpha value is -3.71. The summed E-state index contributed by atoms with van der Waals surface area (Å²) >= 11 is 0. The third-order valence-electron chi connectivity index (χ3n) is 4.90. The van der Waals surface area contributed by atoms with Crippen molar-refractivity contribution < 1.29 is 18.7 Å². The molecule has 0 unspecified atom stereocenters. The highest BCUT2D eigenvalue weighted by atomic mass is 19.1. The first-order chi connectivity index (χ1) is 15.5. The van der Waals surface area contributed by atoms with Crippen LogP contribution in [-0.4, -0.2) is 37.4 Å². The fourth-order valence-corrected chi connectivity index (χ4v) is 3.16. The first kappa shape index (κ1) is 23.0. The zero-order valence-electron chi connectivity index (χ0n) is 18.1. The summed E-state index contributed by atoms with van der Waals surface area (Å²) in [5, 5.41) is 5.63. The molecule has 2 amide bonds. The predicted octanol–water partition coefficient (Wildman–Crippen LogP) is 4.55. The van der Waals surface area contributed by atoms with Crippen LogP contribution in [0.3, 0.4) is 0 Å². The number of rotatable bonds is 9. The quantitative estimate of drug-likeness (QED) is 0.517. The molecule has 3 aromatic carbocycles. The Morgan fingerprint density at radius 3 is 2.34 bits per heavy atom. The van der Waals surface area contributed by atoms with E-state index in [1.54, 1.807) is 61.7 Å². The maximum atomic E-state index is 13.7. The van der Waals surface area contributed by atoms with Crippen molar-refractivity contribution in [3.8, 4) is 5.75 Å². The highest BCUT2D eigenvalue weighted by molar-refractivity contribution is 6.05. The van der Waals surface area contributed by atoms with E-state index in [0.717, 1.165) is 0 Å². The van der Waals surface area contributed by atoms with E-state index in [1.807, 2.05) is 24.1 Å². The van der Waals surface area contributed by atoms with Crippen LogP contribution in [0, 0.1) is 5.82 Å². The van der Waals surface area contributed by atoms with Crippen LogP contribution in [-0.2, 0) is 11.3 Å². The van der Waals surface area contributed by atoms with Crippen LogP contribution >= 0.6 is 0 Å². The zero-order chi connectivity index (χ0) is 22.9. The minimum Gasteiger partial charge on any atom is -0.495 e. The minimum atomic E-state index is -0.276. The lowest BCUT2D eigenvalue weighted by Gasteiger charge is -2.17. The van der Waals surface area contributed by atoms with Gasteiger partial charge in [-0.3, -0.25) is 9.59 Å². The molecule has 0 saturated carbocycles. The number of methoxy groups -OCH3 is 1. The van der Waals surface area contributed by atoms with E-state index < -0.39 is 0 Å². The van der Waals surface area contributed by atoms with Gasteiger partial charge < -0.3 is 20.3 Å². The van der Waals surface area contributed by atoms with E-state index in [0.29, 0.717) is 41.3 Å². The molecule has 32 heavy (non-hydrogen) atoms. The van der Waals surface area contributed by atoms with Crippen LogP contribution in [0.5, 0.6) is 5.75 Å². The van der Waals surface area contributed by atoms with Crippen molar-refractivity contribution >= 4 is 23.2 Å².